The third-order valence-electron chi connectivity index (χ3n) is 6.01. The van der Waals surface area contributed by atoms with Gasteiger partial charge >= 0.3 is 6.03 Å². The van der Waals surface area contributed by atoms with Crippen LogP contribution < -0.4 is 10.6 Å². The van der Waals surface area contributed by atoms with Crippen LogP contribution in [0.25, 0.3) is 11.3 Å². The van der Waals surface area contributed by atoms with Crippen molar-refractivity contribution in [3.8, 4) is 11.3 Å². The highest BCUT2D eigenvalue weighted by Gasteiger charge is 2.26. The van der Waals surface area contributed by atoms with Crippen LogP contribution in [0.3, 0.4) is 0 Å². The summed E-state index contributed by atoms with van der Waals surface area (Å²) in [5, 5.41) is 5.50. The Morgan fingerprint density at radius 2 is 2.06 bits per heavy atom. The number of benzene rings is 1. The fraction of sp³-hybridized carbons (Fsp3) is 0.333. The molecule has 1 unspecified atom stereocenters. The molecule has 4 heterocycles. The van der Waals surface area contributed by atoms with Gasteiger partial charge in [0.2, 0.25) is 0 Å². The molecule has 0 radical (unpaired) electrons. The Kier molecular flexibility index (Phi) is 5.79. The Labute approximate surface area is 187 Å². The number of carbonyl (C=O) groups excluding carboxylic acids is 1. The summed E-state index contributed by atoms with van der Waals surface area (Å²) in [7, 11) is 0. The van der Waals surface area contributed by atoms with E-state index < -0.39 is 0 Å². The van der Waals surface area contributed by atoms with Crippen molar-refractivity contribution in [3.63, 3.8) is 0 Å². The van der Waals surface area contributed by atoms with Crippen LogP contribution in [0.15, 0.2) is 48.9 Å². The zero-order valence-corrected chi connectivity index (χ0v) is 18.0. The second-order valence-corrected chi connectivity index (χ2v) is 8.28. The van der Waals surface area contributed by atoms with E-state index in [9.17, 15) is 4.79 Å². The molecule has 0 bridgehead atoms. The maximum absolute atomic E-state index is 12.3. The number of hydrogen-bond acceptors (Lipinski definition) is 6. The van der Waals surface area contributed by atoms with E-state index in [2.05, 4.69) is 48.7 Å². The molecule has 2 amide bonds. The van der Waals surface area contributed by atoms with Crippen LogP contribution in [0.4, 0.5) is 16.3 Å². The molecule has 1 fully saturated rings. The molecule has 0 saturated carbocycles. The average Bonchev–Trinajstić information content (AvgIpc) is 3.35. The first-order chi connectivity index (χ1) is 15.6. The van der Waals surface area contributed by atoms with E-state index >= 15 is 0 Å². The number of nitrogens with one attached hydrogen (secondary N) is 2. The van der Waals surface area contributed by atoms with E-state index in [4.69, 9.17) is 4.74 Å². The highest BCUT2D eigenvalue weighted by Crippen LogP contribution is 2.28. The average molecular weight is 431 g/mol. The molecule has 3 aromatic rings. The summed E-state index contributed by atoms with van der Waals surface area (Å²) in [5.74, 6) is 0.394. The SMILES string of the molecule is Cc1ccc(NC(=O)Nc2cncc(-c3ccc4c(c3)CCN(C3CCOC3)C4)n2)cn1. The largest absolute Gasteiger partial charge is 0.380 e. The summed E-state index contributed by atoms with van der Waals surface area (Å²) < 4.78 is 5.56. The van der Waals surface area contributed by atoms with Gasteiger partial charge in [-0.15, -0.1) is 0 Å². The number of aryl methyl sites for hydroxylation is 1. The van der Waals surface area contributed by atoms with Crippen LogP contribution in [0.1, 0.15) is 23.2 Å². The summed E-state index contributed by atoms with van der Waals surface area (Å²) in [4.78, 5) is 27.9. The molecule has 1 atom stereocenters. The van der Waals surface area contributed by atoms with Crippen LogP contribution in [-0.4, -0.2) is 51.7 Å². The number of amides is 2. The molecule has 2 N–H and O–H groups in total. The molecule has 1 aromatic carbocycles. The molecule has 0 spiro atoms. The number of aromatic nitrogens is 3. The van der Waals surface area contributed by atoms with Crippen molar-refractivity contribution in [2.45, 2.75) is 32.4 Å². The first-order valence-corrected chi connectivity index (χ1v) is 10.9. The Bertz CT molecular complexity index is 1110. The molecule has 1 saturated heterocycles. The topological polar surface area (TPSA) is 92.3 Å². The highest BCUT2D eigenvalue weighted by atomic mass is 16.5. The zero-order chi connectivity index (χ0) is 21.9. The summed E-state index contributed by atoms with van der Waals surface area (Å²) in [6, 6.07) is 10.3. The summed E-state index contributed by atoms with van der Waals surface area (Å²) in [6.07, 6.45) is 7.01. The highest BCUT2D eigenvalue weighted by molar-refractivity contribution is 5.99. The molecule has 0 aliphatic carbocycles. The molecule has 32 heavy (non-hydrogen) atoms. The number of urea groups is 1. The molecule has 8 nitrogen and oxygen atoms in total. The van der Waals surface area contributed by atoms with E-state index in [1.165, 1.54) is 17.3 Å². The van der Waals surface area contributed by atoms with Gasteiger partial charge in [-0.05, 0) is 49.1 Å². The second kappa shape index (κ2) is 9.02. The van der Waals surface area contributed by atoms with Crippen molar-refractivity contribution >= 4 is 17.5 Å². The molecular formula is C24H26N6O2. The zero-order valence-electron chi connectivity index (χ0n) is 18.0. The van der Waals surface area contributed by atoms with Crippen molar-refractivity contribution in [1.29, 1.82) is 0 Å². The van der Waals surface area contributed by atoms with Crippen LogP contribution >= 0.6 is 0 Å². The number of fused-ring (bicyclic) bond motifs is 1. The number of carbonyl (C=O) groups is 1. The van der Waals surface area contributed by atoms with Gasteiger partial charge in [0, 0.05) is 37.0 Å². The molecule has 5 rings (SSSR count). The molecule has 8 heteroatoms. The van der Waals surface area contributed by atoms with E-state index in [0.717, 1.165) is 56.1 Å². The fourth-order valence-electron chi connectivity index (χ4n) is 4.24. The number of ether oxygens (including phenoxy) is 1. The lowest BCUT2D eigenvalue weighted by molar-refractivity contribution is 0.135. The van der Waals surface area contributed by atoms with Gasteiger partial charge in [-0.25, -0.2) is 9.78 Å². The second-order valence-electron chi connectivity index (χ2n) is 8.28. The van der Waals surface area contributed by atoms with Crippen molar-refractivity contribution in [2.24, 2.45) is 0 Å². The molecular weight excluding hydrogens is 404 g/mol. The van der Waals surface area contributed by atoms with Gasteiger partial charge in [-0.1, -0.05) is 12.1 Å². The predicted octanol–water partition coefficient (Wildman–Crippen LogP) is 3.64. The Morgan fingerprint density at radius 3 is 2.88 bits per heavy atom. The molecule has 2 aliphatic heterocycles. The van der Waals surface area contributed by atoms with Crippen molar-refractivity contribution in [1.82, 2.24) is 19.9 Å². The van der Waals surface area contributed by atoms with E-state index in [1.807, 2.05) is 13.0 Å². The lowest BCUT2D eigenvalue weighted by Crippen LogP contribution is -2.39. The third kappa shape index (κ3) is 4.61. The first-order valence-electron chi connectivity index (χ1n) is 10.9. The van der Waals surface area contributed by atoms with Gasteiger partial charge in [0.1, 0.15) is 0 Å². The van der Waals surface area contributed by atoms with Crippen LogP contribution in [0.5, 0.6) is 0 Å². The molecule has 164 valence electrons. The number of pyridine rings is 1. The Hall–Kier alpha value is -3.36. The number of nitrogens with zero attached hydrogens (tertiary/aromatic N) is 4. The smallest absolute Gasteiger partial charge is 0.324 e. The Morgan fingerprint density at radius 1 is 1.12 bits per heavy atom. The normalized spacial score (nSPS) is 18.2. The minimum Gasteiger partial charge on any atom is -0.380 e. The number of rotatable bonds is 4. The van der Waals surface area contributed by atoms with Crippen LogP contribution in [0, 0.1) is 6.92 Å². The molecule has 2 aromatic heterocycles. The maximum Gasteiger partial charge on any atom is 0.324 e. The summed E-state index contributed by atoms with van der Waals surface area (Å²) in [5.41, 5.74) is 5.95. The van der Waals surface area contributed by atoms with Gasteiger partial charge in [0.15, 0.2) is 5.82 Å². The minimum absolute atomic E-state index is 0.386. The lowest BCUT2D eigenvalue weighted by Gasteiger charge is -2.33. The molecule has 2 aliphatic rings. The Balaban J connectivity index is 1.27. The van der Waals surface area contributed by atoms with Gasteiger partial charge < -0.3 is 10.1 Å². The number of anilines is 2. The summed E-state index contributed by atoms with van der Waals surface area (Å²) >= 11 is 0. The van der Waals surface area contributed by atoms with Gasteiger partial charge in [0.05, 0.1) is 36.6 Å². The quantitative estimate of drug-likeness (QED) is 0.657. The van der Waals surface area contributed by atoms with E-state index in [0.29, 0.717) is 17.5 Å². The van der Waals surface area contributed by atoms with E-state index in [1.54, 1.807) is 18.5 Å². The van der Waals surface area contributed by atoms with Gasteiger partial charge in [0.25, 0.3) is 0 Å². The lowest BCUT2D eigenvalue weighted by atomic mass is 9.95. The maximum atomic E-state index is 12.3. The van der Waals surface area contributed by atoms with Crippen molar-refractivity contribution < 1.29 is 9.53 Å². The fourth-order valence-corrected chi connectivity index (χ4v) is 4.24. The van der Waals surface area contributed by atoms with Crippen LogP contribution in [-0.2, 0) is 17.7 Å². The monoisotopic (exact) mass is 430 g/mol. The van der Waals surface area contributed by atoms with Crippen molar-refractivity contribution in [2.75, 3.05) is 30.4 Å². The van der Waals surface area contributed by atoms with Gasteiger partial charge in [-0.2, -0.15) is 0 Å². The number of hydrogen-bond donors (Lipinski definition) is 2. The predicted molar refractivity (Wildman–Crippen MR) is 122 cm³/mol. The first kappa shape index (κ1) is 20.5. The third-order valence-corrected chi connectivity index (χ3v) is 6.01. The van der Waals surface area contributed by atoms with E-state index in [-0.39, 0.29) is 6.03 Å². The van der Waals surface area contributed by atoms with Gasteiger partial charge in [-0.3, -0.25) is 20.2 Å². The minimum atomic E-state index is -0.386. The van der Waals surface area contributed by atoms with Crippen molar-refractivity contribution in [3.05, 3.63) is 65.7 Å². The summed E-state index contributed by atoms with van der Waals surface area (Å²) in [6.45, 7) is 5.62. The standard InChI is InChI=1S/C24H26N6O2/c1-16-2-5-20(11-26-16)27-24(31)29-23-13-25-12-22(28-23)18-3-4-19-14-30(8-6-17(19)10-18)21-7-9-32-15-21/h2-5,10-13,21H,6-9,14-15H2,1H3,(H2,27,28,29,31). The van der Waals surface area contributed by atoms with Crippen LogP contribution in [0.2, 0.25) is 0 Å².